The molecular formula is C16H22N4O. The molecule has 21 heavy (non-hydrogen) atoms. The van der Waals surface area contributed by atoms with Crippen molar-refractivity contribution in [2.45, 2.75) is 13.3 Å². The predicted octanol–water partition coefficient (Wildman–Crippen LogP) is 1.82. The van der Waals surface area contributed by atoms with Gasteiger partial charge in [0.25, 0.3) is 5.91 Å². The number of benzene rings is 1. The molecule has 2 heterocycles. The zero-order valence-electron chi connectivity index (χ0n) is 12.4. The van der Waals surface area contributed by atoms with E-state index in [4.69, 9.17) is 5.73 Å². The highest BCUT2D eigenvalue weighted by molar-refractivity contribution is 6.07. The molecule has 1 atom stereocenters. The van der Waals surface area contributed by atoms with Crippen molar-refractivity contribution < 1.29 is 4.79 Å². The first-order valence-corrected chi connectivity index (χ1v) is 7.54. The van der Waals surface area contributed by atoms with Gasteiger partial charge in [0.2, 0.25) is 0 Å². The van der Waals surface area contributed by atoms with Gasteiger partial charge in [0.1, 0.15) is 0 Å². The number of carbonyl (C=O) groups excluding carboxylic acids is 1. The third-order valence-corrected chi connectivity index (χ3v) is 4.32. The molecule has 2 aromatic rings. The monoisotopic (exact) mass is 286 g/mol. The summed E-state index contributed by atoms with van der Waals surface area (Å²) in [4.78, 5) is 17.9. The Morgan fingerprint density at radius 1 is 1.52 bits per heavy atom. The number of hydrogen-bond donors (Lipinski definition) is 3. The Bertz CT molecular complexity index is 649. The van der Waals surface area contributed by atoms with Gasteiger partial charge in [-0.1, -0.05) is 6.92 Å². The van der Waals surface area contributed by atoms with Crippen molar-refractivity contribution in [1.29, 1.82) is 0 Å². The summed E-state index contributed by atoms with van der Waals surface area (Å²) in [6.45, 7) is 6.24. The summed E-state index contributed by atoms with van der Waals surface area (Å²) >= 11 is 0. The molecule has 1 aliphatic rings. The Kier molecular flexibility index (Phi) is 3.84. The van der Waals surface area contributed by atoms with Gasteiger partial charge in [-0.3, -0.25) is 4.79 Å². The van der Waals surface area contributed by atoms with Crippen molar-refractivity contribution in [2.24, 2.45) is 5.92 Å². The summed E-state index contributed by atoms with van der Waals surface area (Å²) in [5, 5.41) is 3.98. The first kappa shape index (κ1) is 13.9. The number of amides is 1. The van der Waals surface area contributed by atoms with Gasteiger partial charge in [-0.15, -0.1) is 0 Å². The summed E-state index contributed by atoms with van der Waals surface area (Å²) in [5.74, 6) is 0.552. The van der Waals surface area contributed by atoms with Crippen LogP contribution in [0.4, 0.5) is 5.69 Å². The molecule has 1 aromatic carbocycles. The van der Waals surface area contributed by atoms with E-state index in [1.807, 2.05) is 18.2 Å². The largest absolute Gasteiger partial charge is 0.399 e. The maximum Gasteiger partial charge on any atom is 0.253 e. The van der Waals surface area contributed by atoms with Crippen LogP contribution in [0, 0.1) is 5.92 Å². The summed E-state index contributed by atoms with van der Waals surface area (Å²) in [5.41, 5.74) is 8.04. The Balaban J connectivity index is 1.65. The fourth-order valence-corrected chi connectivity index (χ4v) is 3.03. The molecule has 0 aliphatic carbocycles. The van der Waals surface area contributed by atoms with Gasteiger partial charge in [0, 0.05) is 35.9 Å². The second-order valence-electron chi connectivity index (χ2n) is 5.77. The molecule has 5 heteroatoms. The van der Waals surface area contributed by atoms with Crippen molar-refractivity contribution in [3.63, 3.8) is 0 Å². The van der Waals surface area contributed by atoms with Crippen LogP contribution < -0.4 is 11.1 Å². The normalized spacial score (nSPS) is 19.2. The fourth-order valence-electron chi connectivity index (χ4n) is 3.03. The molecule has 5 nitrogen and oxygen atoms in total. The van der Waals surface area contributed by atoms with E-state index in [0.29, 0.717) is 17.2 Å². The minimum absolute atomic E-state index is 0.0130. The molecule has 4 N–H and O–H groups in total. The van der Waals surface area contributed by atoms with E-state index in [-0.39, 0.29) is 5.91 Å². The number of nitrogens with two attached hydrogens (primary N) is 1. The van der Waals surface area contributed by atoms with E-state index in [1.165, 1.54) is 6.42 Å². The number of hydrogen-bond acceptors (Lipinski definition) is 3. The number of carbonyl (C=O) groups is 1. The third kappa shape index (κ3) is 2.88. The minimum Gasteiger partial charge on any atom is -0.399 e. The SMILES string of the molecule is CCN1CCC(CNC(=O)c2c[nH]c3cc(N)ccc23)C1. The number of nitrogens with one attached hydrogen (secondary N) is 2. The van der Waals surface area contributed by atoms with Crippen LogP contribution in [0.5, 0.6) is 0 Å². The van der Waals surface area contributed by atoms with E-state index in [1.54, 1.807) is 6.20 Å². The molecule has 112 valence electrons. The topological polar surface area (TPSA) is 74.2 Å². The molecule has 0 spiro atoms. The van der Waals surface area contributed by atoms with Crippen LogP contribution in [0.3, 0.4) is 0 Å². The molecular weight excluding hydrogens is 264 g/mol. The van der Waals surface area contributed by atoms with Crippen molar-refractivity contribution in [3.05, 3.63) is 30.0 Å². The number of likely N-dealkylation sites (tertiary alicyclic amines) is 1. The number of fused-ring (bicyclic) bond motifs is 1. The van der Waals surface area contributed by atoms with Crippen molar-refractivity contribution >= 4 is 22.5 Å². The number of nitrogen functional groups attached to an aromatic ring is 1. The third-order valence-electron chi connectivity index (χ3n) is 4.32. The van der Waals surface area contributed by atoms with E-state index in [0.717, 1.165) is 37.1 Å². The summed E-state index contributed by atoms with van der Waals surface area (Å²) in [6.07, 6.45) is 2.92. The van der Waals surface area contributed by atoms with Crippen molar-refractivity contribution in [1.82, 2.24) is 15.2 Å². The Labute approximate surface area is 124 Å². The van der Waals surface area contributed by atoms with Crippen molar-refractivity contribution in [2.75, 3.05) is 31.9 Å². The number of aromatic amines is 1. The Hall–Kier alpha value is -2.01. The van der Waals surface area contributed by atoms with Crippen LogP contribution in [0.1, 0.15) is 23.7 Å². The van der Waals surface area contributed by atoms with E-state index < -0.39 is 0 Å². The summed E-state index contributed by atoms with van der Waals surface area (Å²) < 4.78 is 0. The molecule has 0 saturated carbocycles. The first-order valence-electron chi connectivity index (χ1n) is 7.54. The maximum absolute atomic E-state index is 12.3. The zero-order valence-corrected chi connectivity index (χ0v) is 12.4. The predicted molar refractivity (Wildman–Crippen MR) is 85.3 cm³/mol. The lowest BCUT2D eigenvalue weighted by molar-refractivity contribution is 0.0949. The van der Waals surface area contributed by atoms with Crippen LogP contribution in [-0.4, -0.2) is 42.0 Å². The Morgan fingerprint density at radius 3 is 3.14 bits per heavy atom. The second kappa shape index (κ2) is 5.77. The lowest BCUT2D eigenvalue weighted by atomic mass is 10.1. The summed E-state index contributed by atoms with van der Waals surface area (Å²) in [7, 11) is 0. The van der Waals surface area contributed by atoms with Crippen molar-refractivity contribution in [3.8, 4) is 0 Å². The molecule has 3 rings (SSSR count). The molecule has 0 radical (unpaired) electrons. The maximum atomic E-state index is 12.3. The van der Waals surface area contributed by atoms with Gasteiger partial charge >= 0.3 is 0 Å². The highest BCUT2D eigenvalue weighted by Gasteiger charge is 2.22. The number of aromatic nitrogens is 1. The molecule has 0 bridgehead atoms. The lowest BCUT2D eigenvalue weighted by Crippen LogP contribution is -2.30. The van der Waals surface area contributed by atoms with E-state index in [9.17, 15) is 4.79 Å². The number of nitrogens with zero attached hydrogens (tertiary/aromatic N) is 1. The van der Waals surface area contributed by atoms with Gasteiger partial charge in [-0.25, -0.2) is 0 Å². The first-order chi connectivity index (χ1) is 10.2. The second-order valence-corrected chi connectivity index (χ2v) is 5.77. The van der Waals surface area contributed by atoms with E-state index >= 15 is 0 Å². The zero-order chi connectivity index (χ0) is 14.8. The average molecular weight is 286 g/mol. The Morgan fingerprint density at radius 2 is 2.38 bits per heavy atom. The van der Waals surface area contributed by atoms with Crippen LogP contribution in [-0.2, 0) is 0 Å². The molecule has 1 unspecified atom stereocenters. The number of rotatable bonds is 4. The highest BCUT2D eigenvalue weighted by atomic mass is 16.1. The van der Waals surface area contributed by atoms with Crippen LogP contribution in [0.15, 0.2) is 24.4 Å². The van der Waals surface area contributed by atoms with Gasteiger partial charge in [-0.05, 0) is 43.6 Å². The standard InChI is InChI=1S/C16H22N4O/c1-2-20-6-5-11(10-20)8-19-16(21)14-9-18-15-7-12(17)3-4-13(14)15/h3-4,7,9,11,18H,2,5-6,8,10,17H2,1H3,(H,19,21). The van der Waals surface area contributed by atoms with E-state index in [2.05, 4.69) is 22.1 Å². The van der Waals surface area contributed by atoms with Gasteiger partial charge < -0.3 is 20.9 Å². The summed E-state index contributed by atoms with van der Waals surface area (Å²) in [6, 6.07) is 5.57. The van der Waals surface area contributed by atoms with Gasteiger partial charge in [-0.2, -0.15) is 0 Å². The smallest absolute Gasteiger partial charge is 0.253 e. The number of anilines is 1. The molecule has 1 fully saturated rings. The van der Waals surface area contributed by atoms with Gasteiger partial charge in [0.05, 0.1) is 5.56 Å². The molecule has 1 aromatic heterocycles. The average Bonchev–Trinajstić information content (AvgIpc) is 3.10. The molecule has 1 saturated heterocycles. The fraction of sp³-hybridized carbons (Fsp3) is 0.438. The lowest BCUT2D eigenvalue weighted by Gasteiger charge is -2.13. The minimum atomic E-state index is -0.0130. The molecule has 1 amide bonds. The number of H-pyrrole nitrogens is 1. The van der Waals surface area contributed by atoms with Gasteiger partial charge in [0.15, 0.2) is 0 Å². The quantitative estimate of drug-likeness (QED) is 0.751. The van der Waals surface area contributed by atoms with Crippen LogP contribution in [0.2, 0.25) is 0 Å². The highest BCUT2D eigenvalue weighted by Crippen LogP contribution is 2.21. The van der Waals surface area contributed by atoms with Crippen LogP contribution in [0.25, 0.3) is 10.9 Å². The van der Waals surface area contributed by atoms with Crippen LogP contribution >= 0.6 is 0 Å². The molecule has 1 aliphatic heterocycles.